The minimum absolute atomic E-state index is 0.0575. The van der Waals surface area contributed by atoms with E-state index in [9.17, 15) is 9.90 Å². The van der Waals surface area contributed by atoms with Gasteiger partial charge in [0.05, 0.1) is 18.7 Å². The van der Waals surface area contributed by atoms with E-state index in [1.54, 1.807) is 17.0 Å². The number of nitrogens with zero attached hydrogens (tertiary/aromatic N) is 3. The third-order valence-electron chi connectivity index (χ3n) is 3.35. The molecule has 1 N–H and O–H groups in total. The molecular weight excluding hydrogens is 230 g/mol. The highest BCUT2D eigenvalue weighted by Gasteiger charge is 2.41. The van der Waals surface area contributed by atoms with Crippen LogP contribution in [0.1, 0.15) is 33.1 Å². The van der Waals surface area contributed by atoms with Crippen molar-refractivity contribution in [2.75, 3.05) is 18.0 Å². The molecule has 0 aromatic carbocycles. The van der Waals surface area contributed by atoms with E-state index in [-0.39, 0.29) is 5.56 Å². The Kier molecular flexibility index (Phi) is 3.71. The standard InChI is InChI=1S/C13H21N3O2/c1-3-5-13(18)9-16(10-13)11-12(17)15(7-4-2)8-6-14-11/h6,8,18H,3-5,7,9-10H2,1-2H3. The van der Waals surface area contributed by atoms with Gasteiger partial charge in [0.1, 0.15) is 0 Å². The quantitative estimate of drug-likeness (QED) is 0.848. The summed E-state index contributed by atoms with van der Waals surface area (Å²) < 4.78 is 1.68. The van der Waals surface area contributed by atoms with Crippen LogP contribution in [0.15, 0.2) is 17.2 Å². The first-order chi connectivity index (χ1) is 8.59. The van der Waals surface area contributed by atoms with Crippen LogP contribution in [0, 0.1) is 0 Å². The van der Waals surface area contributed by atoms with Gasteiger partial charge in [0.25, 0.3) is 5.56 Å². The fraction of sp³-hybridized carbons (Fsp3) is 0.692. The summed E-state index contributed by atoms with van der Waals surface area (Å²) in [6, 6.07) is 0. The van der Waals surface area contributed by atoms with Crippen molar-refractivity contribution in [2.24, 2.45) is 0 Å². The summed E-state index contributed by atoms with van der Waals surface area (Å²) in [6.45, 7) is 5.83. The van der Waals surface area contributed by atoms with E-state index in [0.717, 1.165) is 19.3 Å². The molecule has 5 heteroatoms. The molecule has 0 saturated carbocycles. The highest BCUT2D eigenvalue weighted by atomic mass is 16.3. The lowest BCUT2D eigenvalue weighted by molar-refractivity contribution is 0.00274. The molecule has 1 saturated heterocycles. The lowest BCUT2D eigenvalue weighted by Crippen LogP contribution is -2.63. The van der Waals surface area contributed by atoms with Crippen LogP contribution in [0.2, 0.25) is 0 Å². The Labute approximate surface area is 107 Å². The van der Waals surface area contributed by atoms with Crippen molar-refractivity contribution in [1.29, 1.82) is 0 Å². The largest absolute Gasteiger partial charge is 0.386 e. The van der Waals surface area contributed by atoms with Crippen LogP contribution in [0.25, 0.3) is 0 Å². The molecule has 100 valence electrons. The van der Waals surface area contributed by atoms with Crippen LogP contribution in [0.4, 0.5) is 5.82 Å². The zero-order valence-electron chi connectivity index (χ0n) is 11.1. The van der Waals surface area contributed by atoms with Crippen molar-refractivity contribution in [3.05, 3.63) is 22.7 Å². The van der Waals surface area contributed by atoms with Crippen molar-refractivity contribution in [2.45, 2.75) is 45.3 Å². The number of aliphatic hydroxyl groups is 1. The van der Waals surface area contributed by atoms with Crippen LogP contribution < -0.4 is 10.5 Å². The van der Waals surface area contributed by atoms with E-state index in [1.165, 1.54) is 0 Å². The van der Waals surface area contributed by atoms with E-state index in [4.69, 9.17) is 0 Å². The molecule has 0 unspecified atom stereocenters. The zero-order chi connectivity index (χ0) is 13.2. The molecule has 0 amide bonds. The minimum Gasteiger partial charge on any atom is -0.386 e. The van der Waals surface area contributed by atoms with E-state index in [0.29, 0.717) is 25.5 Å². The first-order valence-electron chi connectivity index (χ1n) is 6.62. The minimum atomic E-state index is -0.631. The van der Waals surface area contributed by atoms with E-state index in [1.807, 2.05) is 11.8 Å². The van der Waals surface area contributed by atoms with Gasteiger partial charge in [-0.1, -0.05) is 20.3 Å². The Morgan fingerprint density at radius 3 is 2.72 bits per heavy atom. The molecule has 0 bridgehead atoms. The van der Waals surface area contributed by atoms with Gasteiger partial charge in [0.2, 0.25) is 0 Å². The van der Waals surface area contributed by atoms with Gasteiger partial charge in [-0.2, -0.15) is 0 Å². The third kappa shape index (κ3) is 2.41. The molecule has 1 aromatic heterocycles. The average Bonchev–Trinajstić information content (AvgIpc) is 2.29. The Bertz CT molecular complexity index is 464. The molecule has 2 heterocycles. The summed E-state index contributed by atoms with van der Waals surface area (Å²) in [5.74, 6) is 0.465. The van der Waals surface area contributed by atoms with Crippen molar-refractivity contribution in [3.63, 3.8) is 0 Å². The molecule has 1 aliphatic rings. The maximum Gasteiger partial charge on any atom is 0.293 e. The van der Waals surface area contributed by atoms with Gasteiger partial charge in [-0.3, -0.25) is 4.79 Å². The maximum atomic E-state index is 12.1. The normalized spacial score (nSPS) is 17.6. The van der Waals surface area contributed by atoms with Gasteiger partial charge in [-0.25, -0.2) is 4.98 Å². The Hall–Kier alpha value is -1.36. The van der Waals surface area contributed by atoms with Crippen LogP contribution in [0.3, 0.4) is 0 Å². The molecule has 0 aliphatic carbocycles. The number of aryl methyl sites for hydroxylation is 1. The van der Waals surface area contributed by atoms with Crippen LogP contribution in [-0.2, 0) is 6.54 Å². The second kappa shape index (κ2) is 5.10. The number of anilines is 1. The Morgan fingerprint density at radius 2 is 2.11 bits per heavy atom. The summed E-state index contributed by atoms with van der Waals surface area (Å²) in [5, 5.41) is 10.1. The lowest BCUT2D eigenvalue weighted by Gasteiger charge is -2.46. The third-order valence-corrected chi connectivity index (χ3v) is 3.35. The molecule has 0 atom stereocenters. The zero-order valence-corrected chi connectivity index (χ0v) is 11.1. The second-order valence-electron chi connectivity index (χ2n) is 5.08. The topological polar surface area (TPSA) is 58.4 Å². The smallest absolute Gasteiger partial charge is 0.293 e. The van der Waals surface area contributed by atoms with Gasteiger partial charge in [0.15, 0.2) is 5.82 Å². The molecule has 1 aromatic rings. The summed E-state index contributed by atoms with van der Waals surface area (Å²) in [7, 11) is 0. The molecule has 5 nitrogen and oxygen atoms in total. The Balaban J connectivity index is 2.12. The van der Waals surface area contributed by atoms with Gasteiger partial charge < -0.3 is 14.6 Å². The van der Waals surface area contributed by atoms with E-state index in [2.05, 4.69) is 11.9 Å². The number of rotatable bonds is 5. The van der Waals surface area contributed by atoms with Crippen molar-refractivity contribution >= 4 is 5.82 Å². The first kappa shape index (κ1) is 13.1. The summed E-state index contributed by atoms with van der Waals surface area (Å²) in [4.78, 5) is 18.2. The van der Waals surface area contributed by atoms with Crippen LogP contribution in [-0.4, -0.2) is 33.3 Å². The fourth-order valence-electron chi connectivity index (χ4n) is 2.51. The van der Waals surface area contributed by atoms with E-state index < -0.39 is 5.60 Å². The number of hydrogen-bond donors (Lipinski definition) is 1. The number of hydrogen-bond acceptors (Lipinski definition) is 4. The van der Waals surface area contributed by atoms with Crippen LogP contribution >= 0.6 is 0 Å². The molecule has 1 aliphatic heterocycles. The van der Waals surface area contributed by atoms with Gasteiger partial charge in [0, 0.05) is 18.9 Å². The van der Waals surface area contributed by atoms with Crippen molar-refractivity contribution in [3.8, 4) is 0 Å². The number of aromatic nitrogens is 2. The van der Waals surface area contributed by atoms with E-state index >= 15 is 0 Å². The second-order valence-corrected chi connectivity index (χ2v) is 5.08. The molecule has 0 spiro atoms. The van der Waals surface area contributed by atoms with Crippen LogP contribution in [0.5, 0.6) is 0 Å². The first-order valence-corrected chi connectivity index (χ1v) is 6.62. The molecular formula is C13H21N3O2. The molecule has 1 fully saturated rings. The average molecular weight is 251 g/mol. The van der Waals surface area contributed by atoms with Gasteiger partial charge >= 0.3 is 0 Å². The monoisotopic (exact) mass is 251 g/mol. The summed E-state index contributed by atoms with van der Waals surface area (Å²) in [5.41, 5.74) is -0.688. The fourth-order valence-corrected chi connectivity index (χ4v) is 2.51. The predicted octanol–water partition coefficient (Wildman–Crippen LogP) is 1.00. The SMILES string of the molecule is CCCn1ccnc(N2CC(O)(CCC)C2)c1=O. The molecule has 2 rings (SSSR count). The molecule has 0 radical (unpaired) electrons. The van der Waals surface area contributed by atoms with Gasteiger partial charge in [-0.05, 0) is 12.8 Å². The van der Waals surface area contributed by atoms with Crippen molar-refractivity contribution < 1.29 is 5.11 Å². The highest BCUT2D eigenvalue weighted by Crippen LogP contribution is 2.27. The summed E-state index contributed by atoms with van der Waals surface area (Å²) >= 11 is 0. The highest BCUT2D eigenvalue weighted by molar-refractivity contribution is 5.41. The maximum absolute atomic E-state index is 12.1. The van der Waals surface area contributed by atoms with Gasteiger partial charge in [-0.15, -0.1) is 0 Å². The predicted molar refractivity (Wildman–Crippen MR) is 70.9 cm³/mol. The Morgan fingerprint density at radius 1 is 1.39 bits per heavy atom. The summed E-state index contributed by atoms with van der Waals surface area (Å²) in [6.07, 6.45) is 6.02. The van der Waals surface area contributed by atoms with Crippen molar-refractivity contribution in [1.82, 2.24) is 9.55 Å². The number of β-amino-alcohol motifs (C(OH)–C–C–N with tert-alkyl or cyclic N) is 1. The molecule has 18 heavy (non-hydrogen) atoms. The lowest BCUT2D eigenvalue weighted by atomic mass is 9.89.